The van der Waals surface area contributed by atoms with E-state index in [1.807, 2.05) is 42.2 Å². The summed E-state index contributed by atoms with van der Waals surface area (Å²) in [6.45, 7) is 10.6. The Hall–Kier alpha value is -2.97. The first-order valence-corrected chi connectivity index (χ1v) is 14.8. The molecule has 0 aromatic heterocycles. The zero-order valence-electron chi connectivity index (χ0n) is 23.7. The van der Waals surface area contributed by atoms with Crippen LogP contribution in [-0.2, 0) is 19.1 Å². The highest BCUT2D eigenvalue weighted by Gasteiger charge is 2.78. The second-order valence-electron chi connectivity index (χ2n) is 12.0. The number of hydrogen-bond acceptors (Lipinski definition) is 5. The number of aliphatic hydroxyl groups is 1. The molecule has 1 aromatic carbocycles. The molecule has 5 rings (SSSR count). The molecule has 1 spiro atoms. The zero-order valence-corrected chi connectivity index (χ0v) is 23.7. The quantitative estimate of drug-likeness (QED) is 0.425. The Bertz CT molecular complexity index is 1130. The molecule has 3 saturated heterocycles. The van der Waals surface area contributed by atoms with Gasteiger partial charge in [-0.3, -0.25) is 14.4 Å². The lowest BCUT2D eigenvalue weighted by atomic mass is 9.66. The van der Waals surface area contributed by atoms with Gasteiger partial charge in [-0.15, -0.1) is 13.2 Å². The Balaban J connectivity index is 1.55. The highest BCUT2D eigenvalue weighted by Crippen LogP contribution is 2.63. The third kappa shape index (κ3) is 4.59. The van der Waals surface area contributed by atoms with Gasteiger partial charge in [-0.25, -0.2) is 0 Å². The van der Waals surface area contributed by atoms with Gasteiger partial charge in [0.1, 0.15) is 11.6 Å². The van der Waals surface area contributed by atoms with Crippen LogP contribution in [0, 0.1) is 11.8 Å². The lowest BCUT2D eigenvalue weighted by Gasteiger charge is -2.40. The van der Waals surface area contributed by atoms with Gasteiger partial charge in [0.05, 0.1) is 17.4 Å². The molecule has 216 valence electrons. The van der Waals surface area contributed by atoms with Crippen molar-refractivity contribution in [2.45, 2.75) is 81.6 Å². The van der Waals surface area contributed by atoms with Crippen molar-refractivity contribution in [3.63, 3.8) is 0 Å². The molecule has 1 aromatic rings. The minimum absolute atomic E-state index is 0.0938. The number of rotatable bonds is 11. The fraction of sp³-hybridized carbons (Fsp3) is 0.594. The minimum atomic E-state index is -1.08. The fourth-order valence-electron chi connectivity index (χ4n) is 7.90. The molecule has 1 N–H and O–H groups in total. The van der Waals surface area contributed by atoms with E-state index in [9.17, 15) is 19.5 Å². The van der Waals surface area contributed by atoms with Crippen LogP contribution in [0.5, 0.6) is 0 Å². The van der Waals surface area contributed by atoms with Crippen LogP contribution in [0.3, 0.4) is 0 Å². The number of benzene rings is 1. The summed E-state index contributed by atoms with van der Waals surface area (Å²) in [6, 6.07) is 8.67. The molecule has 8 nitrogen and oxygen atoms in total. The van der Waals surface area contributed by atoms with Gasteiger partial charge in [-0.1, -0.05) is 49.6 Å². The van der Waals surface area contributed by atoms with Crippen LogP contribution in [-0.4, -0.2) is 82.2 Å². The summed E-state index contributed by atoms with van der Waals surface area (Å²) in [6.07, 6.45) is 10.1. The molecule has 0 radical (unpaired) electrons. The topological polar surface area (TPSA) is 90.4 Å². The van der Waals surface area contributed by atoms with E-state index in [1.165, 1.54) is 0 Å². The summed E-state index contributed by atoms with van der Waals surface area (Å²) in [7, 11) is 0. The van der Waals surface area contributed by atoms with Crippen molar-refractivity contribution in [3.8, 4) is 0 Å². The summed E-state index contributed by atoms with van der Waals surface area (Å²) >= 11 is 0. The van der Waals surface area contributed by atoms with Gasteiger partial charge in [0.15, 0.2) is 0 Å². The number of fused-ring (bicyclic) bond motifs is 1. The van der Waals surface area contributed by atoms with Gasteiger partial charge in [-0.2, -0.15) is 0 Å². The summed E-state index contributed by atoms with van der Waals surface area (Å²) in [5, 5.41) is 9.66. The lowest BCUT2D eigenvalue weighted by molar-refractivity contribution is -0.153. The van der Waals surface area contributed by atoms with Crippen molar-refractivity contribution in [2.24, 2.45) is 11.8 Å². The van der Waals surface area contributed by atoms with Crippen molar-refractivity contribution in [1.82, 2.24) is 9.80 Å². The number of ether oxygens (including phenoxy) is 1. The third-order valence-corrected chi connectivity index (χ3v) is 9.60. The standard InChI is InChI=1S/C32H43N3O5/c1-4-19-33(23-13-8-6-9-14-23)28(37)25-26-29(38)35(21-12-22-36)27(32(26)18-17-31(25,3)40-32)30(39)34(20-5-2)24-15-10-7-11-16-24/h4-6,8-9,13-14,24-27,36H,1-2,7,10-12,15-22H2,3H3/t25-,26+,27?,31+,32?/m1/s1. The van der Waals surface area contributed by atoms with Gasteiger partial charge in [0.25, 0.3) is 0 Å². The number of hydrogen-bond donors (Lipinski definition) is 1. The van der Waals surface area contributed by atoms with Crippen LogP contribution < -0.4 is 4.90 Å². The zero-order chi connectivity index (χ0) is 28.5. The highest BCUT2D eigenvalue weighted by molar-refractivity contribution is 6.03. The number of carbonyl (C=O) groups is 3. The number of anilines is 1. The Morgan fingerprint density at radius 3 is 2.42 bits per heavy atom. The fourth-order valence-corrected chi connectivity index (χ4v) is 7.90. The highest BCUT2D eigenvalue weighted by atomic mass is 16.5. The maximum absolute atomic E-state index is 14.6. The molecule has 8 heteroatoms. The van der Waals surface area contributed by atoms with Crippen LogP contribution in [0.1, 0.15) is 58.3 Å². The van der Waals surface area contributed by atoms with Gasteiger partial charge in [-0.05, 0) is 51.2 Å². The molecule has 5 atom stereocenters. The first kappa shape index (κ1) is 28.6. The summed E-state index contributed by atoms with van der Waals surface area (Å²) in [5.74, 6) is -2.02. The first-order chi connectivity index (χ1) is 19.3. The van der Waals surface area contributed by atoms with E-state index in [4.69, 9.17) is 4.74 Å². The van der Waals surface area contributed by atoms with E-state index in [0.717, 1.165) is 37.8 Å². The maximum atomic E-state index is 14.6. The number of likely N-dealkylation sites (tertiary alicyclic amines) is 1. The molecule has 40 heavy (non-hydrogen) atoms. The Morgan fingerprint density at radius 2 is 1.77 bits per heavy atom. The van der Waals surface area contributed by atoms with Gasteiger partial charge in [0, 0.05) is 38.0 Å². The molecular formula is C32H43N3O5. The predicted octanol–water partition coefficient (Wildman–Crippen LogP) is 3.70. The van der Waals surface area contributed by atoms with E-state index < -0.39 is 29.1 Å². The maximum Gasteiger partial charge on any atom is 0.248 e. The number of aliphatic hydroxyl groups excluding tert-OH is 1. The average Bonchev–Trinajstić information content (AvgIpc) is 3.54. The monoisotopic (exact) mass is 549 g/mol. The van der Waals surface area contributed by atoms with Crippen LogP contribution in [0.25, 0.3) is 0 Å². The van der Waals surface area contributed by atoms with Crippen molar-refractivity contribution >= 4 is 23.4 Å². The van der Waals surface area contributed by atoms with Crippen molar-refractivity contribution < 1.29 is 24.2 Å². The number of amides is 3. The number of para-hydroxylation sites is 1. The van der Waals surface area contributed by atoms with Crippen molar-refractivity contribution in [3.05, 3.63) is 55.6 Å². The van der Waals surface area contributed by atoms with E-state index in [-0.39, 0.29) is 36.9 Å². The van der Waals surface area contributed by atoms with Crippen LogP contribution in [0.2, 0.25) is 0 Å². The minimum Gasteiger partial charge on any atom is -0.396 e. The number of carbonyl (C=O) groups excluding carboxylic acids is 3. The molecule has 3 amide bonds. The SMILES string of the molecule is C=CCN(C(=O)[C@H]1[C@H]2C(=O)N(CCCO)C(C(=O)N(CC=C)C3CCCCC3)C23CC[C@]1(C)O3)c1ccccc1. The van der Waals surface area contributed by atoms with Crippen LogP contribution >= 0.6 is 0 Å². The van der Waals surface area contributed by atoms with Crippen molar-refractivity contribution in [2.75, 3.05) is 31.1 Å². The van der Waals surface area contributed by atoms with Gasteiger partial charge >= 0.3 is 0 Å². The Morgan fingerprint density at radius 1 is 1.07 bits per heavy atom. The molecule has 2 unspecified atom stereocenters. The smallest absolute Gasteiger partial charge is 0.248 e. The summed E-state index contributed by atoms with van der Waals surface area (Å²) < 4.78 is 6.83. The molecule has 4 aliphatic rings. The molecule has 1 saturated carbocycles. The second kappa shape index (κ2) is 11.5. The molecule has 4 fully saturated rings. The van der Waals surface area contributed by atoms with Gasteiger partial charge < -0.3 is 24.5 Å². The second-order valence-corrected chi connectivity index (χ2v) is 12.0. The van der Waals surface area contributed by atoms with E-state index >= 15 is 0 Å². The van der Waals surface area contributed by atoms with E-state index in [2.05, 4.69) is 13.2 Å². The molecule has 3 heterocycles. The third-order valence-electron chi connectivity index (χ3n) is 9.60. The van der Waals surface area contributed by atoms with E-state index in [0.29, 0.717) is 32.4 Å². The number of nitrogens with zero attached hydrogens (tertiary/aromatic N) is 3. The molecule has 2 bridgehead atoms. The Kier molecular flexibility index (Phi) is 8.20. The molecular weight excluding hydrogens is 506 g/mol. The van der Waals surface area contributed by atoms with Crippen molar-refractivity contribution in [1.29, 1.82) is 0 Å². The Labute approximate surface area is 237 Å². The van der Waals surface area contributed by atoms with Crippen LogP contribution in [0.4, 0.5) is 5.69 Å². The summed E-state index contributed by atoms with van der Waals surface area (Å²) in [4.78, 5) is 48.4. The lowest BCUT2D eigenvalue weighted by Crippen LogP contribution is -2.58. The van der Waals surface area contributed by atoms with Crippen LogP contribution in [0.15, 0.2) is 55.6 Å². The first-order valence-electron chi connectivity index (χ1n) is 14.8. The van der Waals surface area contributed by atoms with Gasteiger partial charge in [0.2, 0.25) is 17.7 Å². The molecule has 3 aliphatic heterocycles. The summed E-state index contributed by atoms with van der Waals surface area (Å²) in [5.41, 5.74) is -1.21. The predicted molar refractivity (Wildman–Crippen MR) is 153 cm³/mol. The van der Waals surface area contributed by atoms with E-state index in [1.54, 1.807) is 22.0 Å². The average molecular weight is 550 g/mol. The largest absolute Gasteiger partial charge is 0.396 e. The molecule has 1 aliphatic carbocycles. The normalized spacial score (nSPS) is 31.2.